The lowest BCUT2D eigenvalue weighted by molar-refractivity contribution is 0.280. The van der Waals surface area contributed by atoms with Crippen LogP contribution in [0.5, 0.6) is 0 Å². The summed E-state index contributed by atoms with van der Waals surface area (Å²) in [6, 6.07) is 8.39. The Kier molecular flexibility index (Phi) is 5.42. The smallest absolute Gasteiger partial charge is 0.226 e. The normalized spacial score (nSPS) is 10.8. The van der Waals surface area contributed by atoms with E-state index in [4.69, 9.17) is 9.63 Å². The maximum absolute atomic E-state index is 8.71. The fourth-order valence-electron chi connectivity index (χ4n) is 1.62. The second kappa shape index (κ2) is 7.31. The zero-order valence-electron chi connectivity index (χ0n) is 11.0. The van der Waals surface area contributed by atoms with Crippen molar-refractivity contribution in [3.05, 3.63) is 41.5 Å². The SMILES string of the molecule is Cc1ccc(SCc2noc(CCCCO)n2)cc1. The van der Waals surface area contributed by atoms with E-state index in [0.717, 1.165) is 25.1 Å². The van der Waals surface area contributed by atoms with Gasteiger partial charge in [0.1, 0.15) is 0 Å². The van der Waals surface area contributed by atoms with Crippen LogP contribution in [-0.2, 0) is 12.2 Å². The minimum atomic E-state index is 0.213. The van der Waals surface area contributed by atoms with Crippen LogP contribution in [0.3, 0.4) is 0 Å². The van der Waals surface area contributed by atoms with Gasteiger partial charge in [0.15, 0.2) is 5.82 Å². The summed E-state index contributed by atoms with van der Waals surface area (Å²) < 4.78 is 5.16. The first-order valence-corrected chi connectivity index (χ1v) is 7.38. The maximum Gasteiger partial charge on any atom is 0.226 e. The second-order valence-corrected chi connectivity index (χ2v) is 5.44. The highest BCUT2D eigenvalue weighted by Gasteiger charge is 2.06. The lowest BCUT2D eigenvalue weighted by Crippen LogP contribution is -1.89. The number of aromatic nitrogens is 2. The first-order valence-electron chi connectivity index (χ1n) is 6.40. The molecule has 2 rings (SSSR count). The van der Waals surface area contributed by atoms with Crippen molar-refractivity contribution in [2.24, 2.45) is 0 Å². The number of aliphatic hydroxyl groups is 1. The molecule has 0 aliphatic carbocycles. The van der Waals surface area contributed by atoms with Crippen LogP contribution in [0, 0.1) is 6.92 Å². The van der Waals surface area contributed by atoms with Crippen molar-refractivity contribution in [3.63, 3.8) is 0 Å². The summed E-state index contributed by atoms with van der Waals surface area (Å²) in [5, 5.41) is 12.7. The van der Waals surface area contributed by atoms with Gasteiger partial charge < -0.3 is 9.63 Å². The first kappa shape index (κ1) is 14.1. The lowest BCUT2D eigenvalue weighted by atomic mass is 10.2. The zero-order chi connectivity index (χ0) is 13.5. The molecule has 0 bridgehead atoms. The molecule has 19 heavy (non-hydrogen) atoms. The zero-order valence-corrected chi connectivity index (χ0v) is 11.8. The fraction of sp³-hybridized carbons (Fsp3) is 0.429. The maximum atomic E-state index is 8.71. The molecule has 0 atom stereocenters. The van der Waals surface area contributed by atoms with Gasteiger partial charge in [0.25, 0.3) is 0 Å². The molecule has 0 fully saturated rings. The van der Waals surface area contributed by atoms with Gasteiger partial charge in [0, 0.05) is 17.9 Å². The number of unbranched alkanes of at least 4 members (excludes halogenated alkanes) is 1. The van der Waals surface area contributed by atoms with Crippen LogP contribution in [0.2, 0.25) is 0 Å². The van der Waals surface area contributed by atoms with Crippen molar-refractivity contribution in [1.82, 2.24) is 10.1 Å². The molecule has 4 nitrogen and oxygen atoms in total. The summed E-state index contributed by atoms with van der Waals surface area (Å²) in [6.45, 7) is 2.29. The van der Waals surface area contributed by atoms with Crippen molar-refractivity contribution in [2.45, 2.75) is 36.8 Å². The molecule has 0 amide bonds. The van der Waals surface area contributed by atoms with Gasteiger partial charge in [-0.3, -0.25) is 0 Å². The van der Waals surface area contributed by atoms with Gasteiger partial charge in [-0.05, 0) is 31.9 Å². The first-order chi connectivity index (χ1) is 9.28. The number of nitrogens with zero attached hydrogens (tertiary/aromatic N) is 2. The summed E-state index contributed by atoms with van der Waals surface area (Å²) in [6.07, 6.45) is 2.39. The Bertz CT molecular complexity index is 496. The van der Waals surface area contributed by atoms with Crippen LogP contribution in [-0.4, -0.2) is 21.9 Å². The van der Waals surface area contributed by atoms with E-state index in [1.165, 1.54) is 10.5 Å². The summed E-state index contributed by atoms with van der Waals surface area (Å²) in [5.41, 5.74) is 1.26. The van der Waals surface area contributed by atoms with Crippen LogP contribution >= 0.6 is 11.8 Å². The van der Waals surface area contributed by atoms with Gasteiger partial charge in [0.05, 0.1) is 5.75 Å². The average molecular weight is 278 g/mol. The Hall–Kier alpha value is -1.33. The molecule has 1 heterocycles. The molecule has 0 saturated carbocycles. The van der Waals surface area contributed by atoms with E-state index >= 15 is 0 Å². The largest absolute Gasteiger partial charge is 0.396 e. The van der Waals surface area contributed by atoms with Crippen molar-refractivity contribution < 1.29 is 9.63 Å². The van der Waals surface area contributed by atoms with Crippen molar-refractivity contribution in [2.75, 3.05) is 6.61 Å². The van der Waals surface area contributed by atoms with Gasteiger partial charge in [0.2, 0.25) is 5.89 Å². The highest BCUT2D eigenvalue weighted by molar-refractivity contribution is 7.98. The van der Waals surface area contributed by atoms with Crippen molar-refractivity contribution in [1.29, 1.82) is 0 Å². The van der Waals surface area contributed by atoms with E-state index in [9.17, 15) is 0 Å². The van der Waals surface area contributed by atoms with Crippen molar-refractivity contribution >= 4 is 11.8 Å². The number of benzene rings is 1. The van der Waals surface area contributed by atoms with Crippen molar-refractivity contribution in [3.8, 4) is 0 Å². The highest BCUT2D eigenvalue weighted by Crippen LogP contribution is 2.21. The van der Waals surface area contributed by atoms with E-state index in [0.29, 0.717) is 11.6 Å². The van der Waals surface area contributed by atoms with E-state index < -0.39 is 0 Å². The van der Waals surface area contributed by atoms with Gasteiger partial charge in [-0.15, -0.1) is 11.8 Å². The molecular weight excluding hydrogens is 260 g/mol. The fourth-order valence-corrected chi connectivity index (χ4v) is 2.36. The molecule has 0 saturated heterocycles. The van der Waals surface area contributed by atoms with Gasteiger partial charge in [-0.25, -0.2) is 0 Å². The molecule has 1 aromatic carbocycles. The molecule has 0 aliphatic rings. The Morgan fingerprint density at radius 1 is 1.21 bits per heavy atom. The van der Waals surface area contributed by atoms with Crippen LogP contribution in [0.1, 0.15) is 30.1 Å². The third-order valence-electron chi connectivity index (χ3n) is 2.70. The molecule has 102 valence electrons. The minimum absolute atomic E-state index is 0.213. The summed E-state index contributed by atoms with van der Waals surface area (Å²) in [7, 11) is 0. The van der Waals surface area contributed by atoms with E-state index in [2.05, 4.69) is 41.3 Å². The summed E-state index contributed by atoms with van der Waals surface area (Å²) in [4.78, 5) is 5.54. The minimum Gasteiger partial charge on any atom is -0.396 e. The molecule has 0 spiro atoms. The quantitative estimate of drug-likeness (QED) is 0.623. The van der Waals surface area contributed by atoms with Gasteiger partial charge in [-0.2, -0.15) is 4.98 Å². The van der Waals surface area contributed by atoms with E-state index in [1.807, 2.05) is 0 Å². The Morgan fingerprint density at radius 2 is 2.00 bits per heavy atom. The number of aliphatic hydroxyl groups excluding tert-OH is 1. The number of rotatable bonds is 7. The molecule has 2 aromatic rings. The molecule has 0 radical (unpaired) electrons. The standard InChI is InChI=1S/C14H18N2O2S/c1-11-5-7-12(8-6-11)19-10-13-15-14(18-16-13)4-2-3-9-17/h5-8,17H,2-4,9-10H2,1H3. The number of aryl methyl sites for hydroxylation is 2. The molecule has 0 unspecified atom stereocenters. The Labute approximate surface area is 117 Å². The molecule has 1 aromatic heterocycles. The second-order valence-electron chi connectivity index (χ2n) is 4.39. The predicted molar refractivity (Wildman–Crippen MR) is 75.1 cm³/mol. The average Bonchev–Trinajstić information content (AvgIpc) is 2.86. The monoisotopic (exact) mass is 278 g/mol. The third-order valence-corrected chi connectivity index (χ3v) is 3.71. The molecule has 5 heteroatoms. The van der Waals surface area contributed by atoms with Gasteiger partial charge >= 0.3 is 0 Å². The van der Waals surface area contributed by atoms with Crippen LogP contribution in [0.4, 0.5) is 0 Å². The summed E-state index contributed by atoms with van der Waals surface area (Å²) >= 11 is 1.70. The topological polar surface area (TPSA) is 59.2 Å². The number of hydrogen-bond acceptors (Lipinski definition) is 5. The third kappa shape index (κ3) is 4.69. The van der Waals surface area contributed by atoms with E-state index in [1.54, 1.807) is 11.8 Å². The van der Waals surface area contributed by atoms with Crippen LogP contribution in [0.15, 0.2) is 33.7 Å². The highest BCUT2D eigenvalue weighted by atomic mass is 32.2. The number of thioether (sulfide) groups is 1. The lowest BCUT2D eigenvalue weighted by Gasteiger charge is -1.98. The van der Waals surface area contributed by atoms with Crippen LogP contribution < -0.4 is 0 Å². The van der Waals surface area contributed by atoms with Crippen LogP contribution in [0.25, 0.3) is 0 Å². The predicted octanol–water partition coefficient (Wildman–Crippen LogP) is 2.99. The molecule has 1 N–H and O–H groups in total. The Morgan fingerprint density at radius 3 is 2.74 bits per heavy atom. The van der Waals surface area contributed by atoms with E-state index in [-0.39, 0.29) is 6.61 Å². The van der Waals surface area contributed by atoms with Gasteiger partial charge in [-0.1, -0.05) is 22.9 Å². The summed E-state index contributed by atoms with van der Waals surface area (Å²) in [5.74, 6) is 2.10. The number of hydrogen-bond donors (Lipinski definition) is 1. The molecular formula is C14H18N2O2S. The Balaban J connectivity index is 1.81. The molecule has 0 aliphatic heterocycles.